The van der Waals surface area contributed by atoms with Crippen molar-refractivity contribution >= 4 is 0 Å². The predicted molar refractivity (Wildman–Crippen MR) is 33.7 cm³/mol. The van der Waals surface area contributed by atoms with E-state index < -0.39 is 17.5 Å². The molecule has 66 valence electrons. The van der Waals surface area contributed by atoms with E-state index in [2.05, 4.69) is 9.72 Å². The summed E-state index contributed by atoms with van der Waals surface area (Å²) < 4.78 is 38.0. The second-order valence-electron chi connectivity index (χ2n) is 1.92. The maximum Gasteiger partial charge on any atom is 0.573 e. The average Bonchev–Trinajstić information content (AvgIpc) is 1.91. The number of halogens is 3. The van der Waals surface area contributed by atoms with Gasteiger partial charge in [0, 0.05) is 18.5 Å². The van der Waals surface area contributed by atoms with E-state index in [1.165, 1.54) is 6.20 Å². The fourth-order valence-corrected chi connectivity index (χ4v) is 0.605. The Hall–Kier alpha value is -1.46. The first kappa shape index (κ1) is 8.63. The average molecular weight is 179 g/mol. The van der Waals surface area contributed by atoms with Crippen LogP contribution in [0.1, 0.15) is 0 Å². The van der Waals surface area contributed by atoms with E-state index in [4.69, 9.17) is 0 Å². The minimum atomic E-state index is -4.83. The van der Waals surface area contributed by atoms with Crippen molar-refractivity contribution in [2.24, 2.45) is 0 Å². The minimum Gasteiger partial charge on any atom is -0.400 e. The van der Waals surface area contributed by atoms with E-state index >= 15 is 0 Å². The van der Waals surface area contributed by atoms with Crippen LogP contribution in [0.2, 0.25) is 0 Å². The number of alkyl halides is 3. The number of nitrogens with one attached hydrogen (secondary N) is 1. The van der Waals surface area contributed by atoms with Gasteiger partial charge in [0.05, 0.1) is 0 Å². The largest absolute Gasteiger partial charge is 0.573 e. The molecule has 0 aliphatic heterocycles. The lowest BCUT2D eigenvalue weighted by molar-refractivity contribution is -0.275. The first-order valence-electron chi connectivity index (χ1n) is 2.92. The number of hydrogen-bond donors (Lipinski definition) is 1. The lowest BCUT2D eigenvalue weighted by atomic mass is 10.4. The van der Waals surface area contributed by atoms with E-state index in [0.29, 0.717) is 0 Å². The van der Waals surface area contributed by atoms with Crippen molar-refractivity contribution < 1.29 is 17.9 Å². The molecule has 0 unspecified atom stereocenters. The molecule has 3 nitrogen and oxygen atoms in total. The van der Waals surface area contributed by atoms with Crippen LogP contribution in [0.4, 0.5) is 13.2 Å². The molecule has 0 fully saturated rings. The third-order valence-corrected chi connectivity index (χ3v) is 1.01. The number of H-pyrrole nitrogens is 1. The maximum absolute atomic E-state index is 11.5. The Kier molecular flexibility index (Phi) is 2.07. The van der Waals surface area contributed by atoms with Crippen molar-refractivity contribution in [3.05, 3.63) is 28.7 Å². The van der Waals surface area contributed by atoms with E-state index in [-0.39, 0.29) is 0 Å². The molecule has 0 atom stereocenters. The van der Waals surface area contributed by atoms with Gasteiger partial charge in [0.2, 0.25) is 5.43 Å². The summed E-state index contributed by atoms with van der Waals surface area (Å²) in [5, 5.41) is 0. The normalized spacial score (nSPS) is 11.2. The van der Waals surface area contributed by atoms with E-state index in [0.717, 1.165) is 12.3 Å². The van der Waals surface area contributed by atoms with Crippen LogP contribution in [-0.4, -0.2) is 11.3 Å². The zero-order valence-corrected chi connectivity index (χ0v) is 5.68. The highest BCUT2D eigenvalue weighted by Crippen LogP contribution is 2.18. The fraction of sp³-hybridized carbons (Fsp3) is 0.167. The van der Waals surface area contributed by atoms with Gasteiger partial charge in [0.1, 0.15) is 0 Å². The Labute approximate surface area is 64.8 Å². The quantitative estimate of drug-likeness (QED) is 0.705. The molecule has 1 aromatic rings. The molecule has 0 aliphatic carbocycles. The van der Waals surface area contributed by atoms with Gasteiger partial charge >= 0.3 is 6.36 Å². The van der Waals surface area contributed by atoms with Crippen LogP contribution < -0.4 is 10.2 Å². The van der Waals surface area contributed by atoms with Crippen molar-refractivity contribution in [1.82, 2.24) is 4.98 Å². The van der Waals surface area contributed by atoms with Crippen LogP contribution in [0.3, 0.4) is 0 Å². The molecule has 1 heterocycles. The van der Waals surface area contributed by atoms with Gasteiger partial charge in [-0.25, -0.2) is 0 Å². The summed E-state index contributed by atoms with van der Waals surface area (Å²) >= 11 is 0. The highest BCUT2D eigenvalue weighted by molar-refractivity contribution is 5.16. The van der Waals surface area contributed by atoms with Crippen LogP contribution in [0.5, 0.6) is 5.75 Å². The zero-order chi connectivity index (χ0) is 9.19. The van der Waals surface area contributed by atoms with Gasteiger partial charge < -0.3 is 9.72 Å². The van der Waals surface area contributed by atoms with Gasteiger partial charge in [-0.1, -0.05) is 0 Å². The van der Waals surface area contributed by atoms with Crippen LogP contribution in [0.15, 0.2) is 23.3 Å². The van der Waals surface area contributed by atoms with E-state index in [1.807, 2.05) is 0 Å². The zero-order valence-electron chi connectivity index (χ0n) is 5.68. The van der Waals surface area contributed by atoms with Gasteiger partial charge in [-0.15, -0.1) is 13.2 Å². The Morgan fingerprint density at radius 3 is 2.58 bits per heavy atom. The monoisotopic (exact) mass is 179 g/mol. The summed E-state index contributed by atoms with van der Waals surface area (Å²) in [6.07, 6.45) is -2.77. The molecule has 0 aliphatic rings. The first-order valence-corrected chi connectivity index (χ1v) is 2.92. The molecule has 0 saturated heterocycles. The number of hydrogen-bond acceptors (Lipinski definition) is 2. The van der Waals surface area contributed by atoms with Gasteiger partial charge in [-0.2, -0.15) is 0 Å². The molecule has 12 heavy (non-hydrogen) atoms. The Bertz CT molecular complexity index is 317. The van der Waals surface area contributed by atoms with Crippen molar-refractivity contribution in [2.75, 3.05) is 0 Å². The summed E-state index contributed by atoms with van der Waals surface area (Å²) in [4.78, 5) is 13.0. The minimum absolute atomic E-state index is 0.759. The highest BCUT2D eigenvalue weighted by Gasteiger charge is 2.31. The maximum atomic E-state index is 11.5. The van der Waals surface area contributed by atoms with Crippen LogP contribution in [0, 0.1) is 0 Å². The summed E-state index contributed by atoms with van der Waals surface area (Å²) in [6.45, 7) is 0. The molecule has 0 radical (unpaired) electrons. The molecule has 6 heteroatoms. The molecule has 0 spiro atoms. The van der Waals surface area contributed by atoms with E-state index in [1.54, 1.807) is 0 Å². The van der Waals surface area contributed by atoms with Crippen molar-refractivity contribution in [3.8, 4) is 5.75 Å². The summed E-state index contributed by atoms with van der Waals surface area (Å²) in [6, 6.07) is 0.946. The standard InChI is InChI=1S/C6H4F3NO2/c7-6(8,9)12-5-3-10-2-1-4(5)11/h1-3H,(H,10,11). The Morgan fingerprint density at radius 1 is 1.42 bits per heavy atom. The number of aromatic amines is 1. The second-order valence-corrected chi connectivity index (χ2v) is 1.92. The SMILES string of the molecule is O=c1cc[nH]cc1OC(F)(F)F. The van der Waals surface area contributed by atoms with Gasteiger partial charge in [-0.3, -0.25) is 4.79 Å². The number of rotatable bonds is 1. The highest BCUT2D eigenvalue weighted by atomic mass is 19.4. The predicted octanol–water partition coefficient (Wildman–Crippen LogP) is 1.27. The number of ether oxygens (including phenoxy) is 1. The van der Waals surface area contributed by atoms with Crippen LogP contribution in [0.25, 0.3) is 0 Å². The molecule has 0 bridgehead atoms. The molecule has 1 rings (SSSR count). The number of aromatic nitrogens is 1. The molecule has 0 saturated carbocycles. The van der Waals surface area contributed by atoms with Crippen LogP contribution >= 0.6 is 0 Å². The second kappa shape index (κ2) is 2.88. The topological polar surface area (TPSA) is 42.1 Å². The third-order valence-electron chi connectivity index (χ3n) is 1.01. The molecular weight excluding hydrogens is 175 g/mol. The Balaban J connectivity index is 2.91. The van der Waals surface area contributed by atoms with Crippen molar-refractivity contribution in [3.63, 3.8) is 0 Å². The van der Waals surface area contributed by atoms with Crippen molar-refractivity contribution in [2.45, 2.75) is 6.36 Å². The van der Waals surface area contributed by atoms with Crippen LogP contribution in [-0.2, 0) is 0 Å². The van der Waals surface area contributed by atoms with Crippen molar-refractivity contribution in [1.29, 1.82) is 0 Å². The third kappa shape index (κ3) is 2.30. The molecule has 1 N–H and O–H groups in total. The molecule has 1 aromatic heterocycles. The van der Waals surface area contributed by atoms with Gasteiger partial charge in [0.15, 0.2) is 5.75 Å². The van der Waals surface area contributed by atoms with E-state index in [9.17, 15) is 18.0 Å². The van der Waals surface area contributed by atoms with Gasteiger partial charge in [0.25, 0.3) is 0 Å². The number of pyridine rings is 1. The molecule has 0 amide bonds. The Morgan fingerprint density at radius 2 is 2.08 bits per heavy atom. The fourth-order valence-electron chi connectivity index (χ4n) is 0.605. The lowest BCUT2D eigenvalue weighted by Gasteiger charge is -2.06. The smallest absolute Gasteiger partial charge is 0.400 e. The summed E-state index contributed by atoms with van der Waals surface area (Å²) in [5.41, 5.74) is -0.814. The summed E-state index contributed by atoms with van der Waals surface area (Å²) in [5.74, 6) is -0.759. The molecular formula is C6H4F3NO2. The lowest BCUT2D eigenvalue weighted by Crippen LogP contribution is -2.21. The molecule has 0 aromatic carbocycles. The van der Waals surface area contributed by atoms with Gasteiger partial charge in [-0.05, 0) is 0 Å². The summed E-state index contributed by atoms with van der Waals surface area (Å²) in [7, 11) is 0. The first-order chi connectivity index (χ1) is 5.49.